The van der Waals surface area contributed by atoms with Gasteiger partial charge in [-0.3, -0.25) is 4.79 Å². The van der Waals surface area contributed by atoms with Gasteiger partial charge in [0.2, 0.25) is 0 Å². The quantitative estimate of drug-likeness (QED) is 0.507. The predicted octanol–water partition coefficient (Wildman–Crippen LogP) is 1.71. The van der Waals surface area contributed by atoms with E-state index in [-0.39, 0.29) is 12.1 Å². The maximum atomic E-state index is 11.9. The Labute approximate surface area is 114 Å². The zero-order valence-corrected chi connectivity index (χ0v) is 11.5. The van der Waals surface area contributed by atoms with Gasteiger partial charge in [0.25, 0.3) is 5.91 Å². The van der Waals surface area contributed by atoms with Crippen LogP contribution in [0.3, 0.4) is 0 Å². The first-order chi connectivity index (χ1) is 9.13. The third-order valence-electron chi connectivity index (χ3n) is 2.84. The summed E-state index contributed by atoms with van der Waals surface area (Å²) in [6, 6.07) is 11.2. The van der Waals surface area contributed by atoms with Crippen molar-refractivity contribution in [3.63, 3.8) is 0 Å². The van der Waals surface area contributed by atoms with Crippen molar-refractivity contribution in [1.29, 1.82) is 0 Å². The highest BCUT2D eigenvalue weighted by atomic mass is 31.0. The summed E-state index contributed by atoms with van der Waals surface area (Å²) in [6.45, 7) is 0. The molecule has 0 heterocycles. The van der Waals surface area contributed by atoms with E-state index in [0.29, 0.717) is 11.7 Å². The molecule has 3 N–H and O–H groups in total. The van der Waals surface area contributed by atoms with E-state index in [1.54, 1.807) is 6.07 Å². The van der Waals surface area contributed by atoms with Crippen LogP contribution in [0.25, 0.3) is 10.8 Å². The lowest BCUT2D eigenvalue weighted by molar-refractivity contribution is 0.0942. The Balaban J connectivity index is 2.32. The highest BCUT2D eigenvalue weighted by molar-refractivity contribution is 7.16. The van der Waals surface area contributed by atoms with Gasteiger partial charge >= 0.3 is 0 Å². The van der Waals surface area contributed by atoms with E-state index in [1.807, 2.05) is 30.3 Å². The average molecular weight is 270 g/mol. The van der Waals surface area contributed by atoms with E-state index in [0.717, 1.165) is 16.3 Å². The van der Waals surface area contributed by atoms with Crippen molar-refractivity contribution in [3.8, 4) is 12.3 Å². The van der Waals surface area contributed by atoms with Crippen LogP contribution in [0.5, 0.6) is 0 Å². The summed E-state index contributed by atoms with van der Waals surface area (Å²) in [5.41, 5.74) is 7.11. The number of hydrogen-bond acceptors (Lipinski definition) is 2. The molecular formula is C15H15N2OP. The number of terminal acetylenes is 1. The van der Waals surface area contributed by atoms with Crippen molar-refractivity contribution in [2.45, 2.75) is 6.17 Å². The Hall–Kier alpha value is -1.88. The second-order valence-corrected chi connectivity index (χ2v) is 4.71. The van der Waals surface area contributed by atoms with E-state index in [9.17, 15) is 4.79 Å². The molecule has 19 heavy (non-hydrogen) atoms. The number of carbonyl (C=O) groups is 1. The number of nitrogens with two attached hydrogens (primary N) is 1. The molecule has 2 atom stereocenters. The molecule has 3 nitrogen and oxygen atoms in total. The lowest BCUT2D eigenvalue weighted by Crippen LogP contribution is -2.42. The number of amides is 1. The highest BCUT2D eigenvalue weighted by Gasteiger charge is 2.09. The van der Waals surface area contributed by atoms with Crippen LogP contribution in [0.1, 0.15) is 15.9 Å². The monoisotopic (exact) mass is 270 g/mol. The Morgan fingerprint density at radius 1 is 1.32 bits per heavy atom. The first kappa shape index (κ1) is 13.5. The van der Waals surface area contributed by atoms with Crippen LogP contribution in [-0.4, -0.2) is 18.2 Å². The molecule has 0 aliphatic carbocycles. The number of benzene rings is 2. The normalized spacial score (nSPS) is 11.8. The van der Waals surface area contributed by atoms with Crippen LogP contribution >= 0.6 is 9.24 Å². The Bertz CT molecular complexity index is 661. The minimum Gasteiger partial charge on any atom is -0.337 e. The topological polar surface area (TPSA) is 55.1 Å². The molecule has 0 aromatic heterocycles. The van der Waals surface area contributed by atoms with E-state index < -0.39 is 0 Å². The van der Waals surface area contributed by atoms with Crippen molar-refractivity contribution in [1.82, 2.24) is 5.32 Å². The standard InChI is InChI=1S/C15H15N2OP/c1-2-10-3-4-12-8-13(6-5-11(12)7-10)15(18)17-14(16)9-19/h1,3-8,14H,9,16,19H2,(H,17,18). The van der Waals surface area contributed by atoms with Gasteiger partial charge in [-0.05, 0) is 41.2 Å². The fraction of sp³-hybridized carbons (Fsp3) is 0.133. The second-order valence-electron chi connectivity index (χ2n) is 4.24. The van der Waals surface area contributed by atoms with Crippen LogP contribution < -0.4 is 11.1 Å². The zero-order valence-electron chi connectivity index (χ0n) is 10.4. The van der Waals surface area contributed by atoms with Gasteiger partial charge in [-0.1, -0.05) is 18.1 Å². The number of fused-ring (bicyclic) bond motifs is 1. The van der Waals surface area contributed by atoms with Gasteiger partial charge in [0.15, 0.2) is 0 Å². The fourth-order valence-corrected chi connectivity index (χ4v) is 1.91. The van der Waals surface area contributed by atoms with Crippen LogP contribution in [-0.2, 0) is 0 Å². The number of rotatable bonds is 3. The molecule has 2 aromatic rings. The predicted molar refractivity (Wildman–Crippen MR) is 81.9 cm³/mol. The van der Waals surface area contributed by atoms with Crippen LogP contribution in [0.2, 0.25) is 0 Å². The van der Waals surface area contributed by atoms with Gasteiger partial charge in [0.1, 0.15) is 0 Å². The summed E-state index contributed by atoms with van der Waals surface area (Å²) in [7, 11) is 2.50. The molecule has 1 amide bonds. The molecule has 2 rings (SSSR count). The van der Waals surface area contributed by atoms with Crippen LogP contribution in [0.15, 0.2) is 36.4 Å². The van der Waals surface area contributed by atoms with E-state index in [1.165, 1.54) is 0 Å². The maximum Gasteiger partial charge on any atom is 0.252 e. The Morgan fingerprint density at radius 2 is 2.00 bits per heavy atom. The van der Waals surface area contributed by atoms with Gasteiger partial charge in [-0.25, -0.2) is 0 Å². The number of hydrogen-bond donors (Lipinski definition) is 2. The van der Waals surface area contributed by atoms with Crippen molar-refractivity contribution in [2.24, 2.45) is 5.73 Å². The number of carbonyl (C=O) groups excluding carboxylic acids is 1. The molecule has 2 unspecified atom stereocenters. The largest absolute Gasteiger partial charge is 0.337 e. The van der Waals surface area contributed by atoms with Crippen LogP contribution in [0.4, 0.5) is 0 Å². The lowest BCUT2D eigenvalue weighted by Gasteiger charge is -2.11. The van der Waals surface area contributed by atoms with E-state index in [4.69, 9.17) is 12.2 Å². The summed E-state index contributed by atoms with van der Waals surface area (Å²) >= 11 is 0. The summed E-state index contributed by atoms with van der Waals surface area (Å²) in [6.07, 6.45) is 5.63. The molecule has 0 aliphatic heterocycles. The van der Waals surface area contributed by atoms with Gasteiger partial charge < -0.3 is 11.1 Å². The molecule has 0 saturated heterocycles. The van der Waals surface area contributed by atoms with E-state index in [2.05, 4.69) is 20.5 Å². The molecule has 0 fully saturated rings. The maximum absolute atomic E-state index is 11.9. The second kappa shape index (κ2) is 5.84. The first-order valence-corrected chi connectivity index (χ1v) is 6.72. The Kier molecular flexibility index (Phi) is 4.16. The van der Waals surface area contributed by atoms with Crippen molar-refractivity contribution >= 4 is 25.9 Å². The van der Waals surface area contributed by atoms with Crippen molar-refractivity contribution in [3.05, 3.63) is 47.5 Å². The number of nitrogens with one attached hydrogen (secondary N) is 1. The van der Waals surface area contributed by atoms with Crippen molar-refractivity contribution < 1.29 is 4.79 Å². The summed E-state index contributed by atoms with van der Waals surface area (Å²) in [5, 5.41) is 4.71. The summed E-state index contributed by atoms with van der Waals surface area (Å²) < 4.78 is 0. The molecule has 0 aliphatic rings. The highest BCUT2D eigenvalue weighted by Crippen LogP contribution is 2.17. The van der Waals surface area contributed by atoms with Crippen LogP contribution in [0, 0.1) is 12.3 Å². The third kappa shape index (κ3) is 3.12. The smallest absolute Gasteiger partial charge is 0.252 e. The van der Waals surface area contributed by atoms with Gasteiger partial charge in [0, 0.05) is 11.1 Å². The molecule has 0 spiro atoms. The molecule has 96 valence electrons. The Morgan fingerprint density at radius 3 is 2.68 bits per heavy atom. The summed E-state index contributed by atoms with van der Waals surface area (Å²) in [4.78, 5) is 11.9. The minimum atomic E-state index is -0.350. The van der Waals surface area contributed by atoms with Gasteiger partial charge in [-0.2, -0.15) is 0 Å². The minimum absolute atomic E-state index is 0.169. The molecule has 0 bridgehead atoms. The van der Waals surface area contributed by atoms with E-state index >= 15 is 0 Å². The molecular weight excluding hydrogens is 255 g/mol. The third-order valence-corrected chi connectivity index (χ3v) is 3.35. The summed E-state index contributed by atoms with van der Waals surface area (Å²) in [5.74, 6) is 2.42. The van der Waals surface area contributed by atoms with Gasteiger partial charge in [0.05, 0.1) is 6.17 Å². The SMILES string of the molecule is C#Cc1ccc2cc(C(=O)NC(N)CP)ccc2c1. The molecule has 4 heteroatoms. The molecule has 2 aromatic carbocycles. The first-order valence-electron chi connectivity index (χ1n) is 5.91. The lowest BCUT2D eigenvalue weighted by atomic mass is 10.0. The fourth-order valence-electron chi connectivity index (χ4n) is 1.79. The van der Waals surface area contributed by atoms with Crippen molar-refractivity contribution in [2.75, 3.05) is 6.16 Å². The molecule has 0 radical (unpaired) electrons. The molecule has 0 saturated carbocycles. The average Bonchev–Trinajstić information content (AvgIpc) is 2.45. The zero-order chi connectivity index (χ0) is 13.8. The van der Waals surface area contributed by atoms with Gasteiger partial charge in [-0.15, -0.1) is 15.7 Å².